The number of aromatic nitrogens is 2. The van der Waals surface area contributed by atoms with Crippen LogP contribution in [0, 0.1) is 18.8 Å². The largest absolute Gasteiger partial charge is 0.497 e. The van der Waals surface area contributed by atoms with Gasteiger partial charge in [0, 0.05) is 17.2 Å². The Morgan fingerprint density at radius 1 is 1.09 bits per heavy atom. The maximum absolute atomic E-state index is 13.6. The van der Waals surface area contributed by atoms with Crippen molar-refractivity contribution in [2.45, 2.75) is 71.3 Å². The number of hydrogen-bond acceptors (Lipinski definition) is 3. The number of nitrogens with one attached hydrogen (secondary N) is 1. The van der Waals surface area contributed by atoms with Crippen LogP contribution in [0.15, 0.2) is 48.5 Å². The SMILES string of the molecule is COc1ccc(-n2nc3c(c2-c2ccc(C)cc2)CCCC3C(=O)N[C@H](C)C2CCC(C)C2)cc1. The first kappa shape index (κ1) is 23.7. The minimum absolute atomic E-state index is 0.132. The van der Waals surface area contributed by atoms with Crippen LogP contribution < -0.4 is 10.1 Å². The number of aryl methyl sites for hydroxylation is 1. The Hall–Kier alpha value is -3.08. The molecule has 184 valence electrons. The third-order valence-electron chi connectivity index (χ3n) is 8.04. The fourth-order valence-corrected chi connectivity index (χ4v) is 5.93. The summed E-state index contributed by atoms with van der Waals surface area (Å²) in [6, 6.07) is 16.8. The molecule has 0 saturated heterocycles. The summed E-state index contributed by atoms with van der Waals surface area (Å²) in [4.78, 5) is 13.6. The average Bonchev–Trinajstić information content (AvgIpc) is 3.48. The third-order valence-corrected chi connectivity index (χ3v) is 8.04. The quantitative estimate of drug-likeness (QED) is 0.464. The van der Waals surface area contributed by atoms with Crippen molar-refractivity contribution >= 4 is 5.91 Å². The van der Waals surface area contributed by atoms with E-state index in [1.165, 1.54) is 30.4 Å². The Balaban J connectivity index is 1.52. The summed E-state index contributed by atoms with van der Waals surface area (Å²) < 4.78 is 7.40. The highest BCUT2D eigenvalue weighted by molar-refractivity contribution is 5.85. The van der Waals surface area contributed by atoms with Crippen molar-refractivity contribution in [3.05, 3.63) is 65.4 Å². The van der Waals surface area contributed by atoms with Crippen LogP contribution >= 0.6 is 0 Å². The predicted molar refractivity (Wildman–Crippen MR) is 140 cm³/mol. The van der Waals surface area contributed by atoms with Crippen LogP contribution in [0.5, 0.6) is 5.75 Å². The second kappa shape index (κ2) is 9.88. The summed E-state index contributed by atoms with van der Waals surface area (Å²) >= 11 is 0. The third kappa shape index (κ3) is 4.73. The highest BCUT2D eigenvalue weighted by atomic mass is 16.5. The van der Waals surface area contributed by atoms with Gasteiger partial charge in [-0.1, -0.05) is 43.2 Å². The van der Waals surface area contributed by atoms with Gasteiger partial charge < -0.3 is 10.1 Å². The Bertz CT molecular complexity index is 1180. The highest BCUT2D eigenvalue weighted by Crippen LogP contribution is 2.39. The van der Waals surface area contributed by atoms with Crippen LogP contribution in [-0.4, -0.2) is 28.8 Å². The summed E-state index contributed by atoms with van der Waals surface area (Å²) in [5, 5.41) is 8.49. The number of hydrogen-bond donors (Lipinski definition) is 1. The molecule has 0 aliphatic heterocycles. The van der Waals surface area contributed by atoms with E-state index in [1.807, 2.05) is 28.9 Å². The summed E-state index contributed by atoms with van der Waals surface area (Å²) in [7, 11) is 1.68. The lowest BCUT2D eigenvalue weighted by atomic mass is 9.84. The molecule has 2 aliphatic rings. The first-order valence-corrected chi connectivity index (χ1v) is 13.1. The number of amides is 1. The van der Waals surface area contributed by atoms with Crippen LogP contribution in [0.25, 0.3) is 16.9 Å². The lowest BCUT2D eigenvalue weighted by Crippen LogP contribution is -2.41. The van der Waals surface area contributed by atoms with E-state index >= 15 is 0 Å². The smallest absolute Gasteiger partial charge is 0.229 e. The number of carbonyl (C=O) groups is 1. The monoisotopic (exact) mass is 471 g/mol. The molecule has 1 saturated carbocycles. The second-order valence-corrected chi connectivity index (χ2v) is 10.6. The number of benzene rings is 2. The maximum Gasteiger partial charge on any atom is 0.229 e. The molecule has 0 radical (unpaired) electrons. The molecule has 5 nitrogen and oxygen atoms in total. The average molecular weight is 472 g/mol. The summed E-state index contributed by atoms with van der Waals surface area (Å²) in [6.07, 6.45) is 6.47. The van der Waals surface area contributed by atoms with Crippen molar-refractivity contribution in [2.75, 3.05) is 7.11 Å². The maximum atomic E-state index is 13.6. The van der Waals surface area contributed by atoms with Crippen LogP contribution in [0.4, 0.5) is 0 Å². The molecule has 1 N–H and O–H groups in total. The van der Waals surface area contributed by atoms with Gasteiger partial charge in [0.25, 0.3) is 0 Å². The Morgan fingerprint density at radius 2 is 1.83 bits per heavy atom. The van der Waals surface area contributed by atoms with Crippen molar-refractivity contribution in [3.8, 4) is 22.7 Å². The van der Waals surface area contributed by atoms with Crippen molar-refractivity contribution in [1.82, 2.24) is 15.1 Å². The van der Waals surface area contributed by atoms with Gasteiger partial charge in [0.2, 0.25) is 5.91 Å². The predicted octanol–water partition coefficient (Wildman–Crippen LogP) is 6.22. The number of rotatable bonds is 6. The van der Waals surface area contributed by atoms with Crippen LogP contribution in [-0.2, 0) is 11.2 Å². The number of methoxy groups -OCH3 is 1. The topological polar surface area (TPSA) is 56.2 Å². The van der Waals surface area contributed by atoms with Gasteiger partial charge in [-0.2, -0.15) is 5.10 Å². The first-order chi connectivity index (χ1) is 16.9. The van der Waals surface area contributed by atoms with E-state index in [9.17, 15) is 4.79 Å². The standard InChI is InChI=1S/C30H37N3O2/c1-19-8-11-22(12-9-19)29-26-6-5-7-27(30(34)31-21(3)23-13-10-20(2)18-23)28(26)32-33(29)24-14-16-25(35-4)17-15-24/h8-9,11-12,14-17,20-21,23,27H,5-7,10,13,18H2,1-4H3,(H,31,34)/t20?,21-,23?,27?/m1/s1. The zero-order valence-corrected chi connectivity index (χ0v) is 21.4. The molecule has 0 spiro atoms. The Labute approximate surface area is 208 Å². The van der Waals surface area contributed by atoms with E-state index in [0.717, 1.165) is 53.6 Å². The number of fused-ring (bicyclic) bond motifs is 1. The molecule has 35 heavy (non-hydrogen) atoms. The molecular formula is C30H37N3O2. The van der Waals surface area contributed by atoms with Crippen LogP contribution in [0.3, 0.4) is 0 Å². The number of ether oxygens (including phenoxy) is 1. The van der Waals surface area contributed by atoms with Crippen molar-refractivity contribution < 1.29 is 9.53 Å². The van der Waals surface area contributed by atoms with Crippen LogP contribution in [0.1, 0.15) is 68.7 Å². The molecule has 3 aromatic rings. The van der Waals surface area contributed by atoms with Gasteiger partial charge in [-0.05, 0) is 82.1 Å². The highest BCUT2D eigenvalue weighted by Gasteiger charge is 2.35. The van der Waals surface area contributed by atoms with E-state index in [1.54, 1.807) is 7.11 Å². The summed E-state index contributed by atoms with van der Waals surface area (Å²) in [5.41, 5.74) is 6.58. The van der Waals surface area contributed by atoms with Gasteiger partial charge in [0.05, 0.1) is 30.1 Å². The molecule has 3 unspecified atom stereocenters. The minimum atomic E-state index is -0.205. The lowest BCUT2D eigenvalue weighted by Gasteiger charge is -2.26. The fraction of sp³-hybridized carbons (Fsp3) is 0.467. The lowest BCUT2D eigenvalue weighted by molar-refractivity contribution is -0.123. The van der Waals surface area contributed by atoms with Gasteiger partial charge in [-0.3, -0.25) is 4.79 Å². The van der Waals surface area contributed by atoms with Gasteiger partial charge in [-0.15, -0.1) is 0 Å². The van der Waals surface area contributed by atoms with E-state index < -0.39 is 0 Å². The van der Waals surface area contributed by atoms with E-state index in [0.29, 0.717) is 5.92 Å². The molecular weight excluding hydrogens is 434 g/mol. The molecule has 4 atom stereocenters. The summed E-state index contributed by atoms with van der Waals surface area (Å²) in [6.45, 7) is 6.60. The Morgan fingerprint density at radius 3 is 2.49 bits per heavy atom. The zero-order valence-electron chi connectivity index (χ0n) is 21.4. The molecule has 2 aliphatic carbocycles. The zero-order chi connectivity index (χ0) is 24.5. The first-order valence-electron chi connectivity index (χ1n) is 13.1. The minimum Gasteiger partial charge on any atom is -0.497 e. The van der Waals surface area contributed by atoms with Crippen molar-refractivity contribution in [2.24, 2.45) is 11.8 Å². The summed E-state index contributed by atoms with van der Waals surface area (Å²) in [5.74, 6) is 2.08. The van der Waals surface area contributed by atoms with E-state index in [-0.39, 0.29) is 17.9 Å². The molecule has 1 amide bonds. The molecule has 2 aromatic carbocycles. The number of carbonyl (C=O) groups excluding carboxylic acids is 1. The van der Waals surface area contributed by atoms with Crippen LogP contribution in [0.2, 0.25) is 0 Å². The van der Waals surface area contributed by atoms with Gasteiger partial charge in [0.1, 0.15) is 5.75 Å². The molecule has 1 fully saturated rings. The van der Waals surface area contributed by atoms with Crippen molar-refractivity contribution in [3.63, 3.8) is 0 Å². The van der Waals surface area contributed by atoms with Gasteiger partial charge in [-0.25, -0.2) is 4.68 Å². The molecule has 0 bridgehead atoms. The van der Waals surface area contributed by atoms with E-state index in [2.05, 4.69) is 50.4 Å². The normalized spacial score (nSPS) is 22.5. The molecule has 5 heteroatoms. The van der Waals surface area contributed by atoms with Crippen molar-refractivity contribution in [1.29, 1.82) is 0 Å². The second-order valence-electron chi connectivity index (χ2n) is 10.6. The molecule has 1 aromatic heterocycles. The fourth-order valence-electron chi connectivity index (χ4n) is 5.93. The molecule has 1 heterocycles. The van der Waals surface area contributed by atoms with Gasteiger partial charge >= 0.3 is 0 Å². The molecule has 5 rings (SSSR count). The number of nitrogens with zero attached hydrogens (tertiary/aromatic N) is 2. The van der Waals surface area contributed by atoms with E-state index in [4.69, 9.17) is 9.84 Å². The van der Waals surface area contributed by atoms with Gasteiger partial charge in [0.15, 0.2) is 0 Å². The Kier molecular flexibility index (Phi) is 6.68.